The molecule has 2 aliphatic rings. The molecule has 0 aromatic heterocycles. The van der Waals surface area contributed by atoms with Gasteiger partial charge in [0.1, 0.15) is 11.9 Å². The number of hydrogen-bond acceptors (Lipinski definition) is 3. The van der Waals surface area contributed by atoms with Crippen molar-refractivity contribution in [3.05, 3.63) is 29.3 Å². The molecule has 0 saturated heterocycles. The molecule has 118 valence electrons. The lowest BCUT2D eigenvalue weighted by molar-refractivity contribution is -0.137. The Morgan fingerprint density at radius 3 is 2.82 bits per heavy atom. The lowest BCUT2D eigenvalue weighted by Crippen LogP contribution is -2.34. The number of carboxylic acids is 1. The molecule has 1 saturated carbocycles. The number of aliphatic carboxylic acids is 1. The minimum absolute atomic E-state index is 0.0104. The highest BCUT2D eigenvalue weighted by molar-refractivity contribution is 5.95. The lowest BCUT2D eigenvalue weighted by Gasteiger charge is -2.22. The van der Waals surface area contributed by atoms with Crippen LogP contribution in [0.15, 0.2) is 18.2 Å². The quantitative estimate of drug-likeness (QED) is 0.876. The van der Waals surface area contributed by atoms with Gasteiger partial charge < -0.3 is 14.7 Å². The van der Waals surface area contributed by atoms with E-state index in [0.717, 1.165) is 30.6 Å². The van der Waals surface area contributed by atoms with Crippen molar-refractivity contribution in [1.29, 1.82) is 0 Å². The number of carbonyl (C=O) groups excluding carboxylic acids is 1. The van der Waals surface area contributed by atoms with Gasteiger partial charge in [0.05, 0.1) is 6.42 Å². The van der Waals surface area contributed by atoms with E-state index in [4.69, 9.17) is 9.84 Å². The van der Waals surface area contributed by atoms with Crippen LogP contribution >= 0.6 is 0 Å². The molecular weight excluding hydrogens is 282 g/mol. The predicted octanol–water partition coefficient (Wildman–Crippen LogP) is 2.34. The van der Waals surface area contributed by atoms with Crippen molar-refractivity contribution >= 4 is 11.9 Å². The summed E-state index contributed by atoms with van der Waals surface area (Å²) in [4.78, 5) is 25.2. The largest absolute Gasteiger partial charge is 0.490 e. The smallest absolute Gasteiger partial charge is 0.305 e. The van der Waals surface area contributed by atoms with E-state index in [-0.39, 0.29) is 25.0 Å². The maximum Gasteiger partial charge on any atom is 0.305 e. The Labute approximate surface area is 129 Å². The van der Waals surface area contributed by atoms with Crippen molar-refractivity contribution in [2.75, 3.05) is 13.1 Å². The highest BCUT2D eigenvalue weighted by Crippen LogP contribution is 2.32. The Hall–Kier alpha value is -2.04. The van der Waals surface area contributed by atoms with E-state index < -0.39 is 5.97 Å². The molecule has 1 aromatic rings. The minimum atomic E-state index is -0.871. The molecule has 1 N–H and O–H groups in total. The first kappa shape index (κ1) is 14.9. The molecular formula is C17H21NO4. The van der Waals surface area contributed by atoms with Gasteiger partial charge in [-0.05, 0) is 49.4 Å². The number of nitrogens with zero attached hydrogens (tertiary/aromatic N) is 1. The molecule has 1 amide bonds. The first-order valence-electron chi connectivity index (χ1n) is 7.83. The average Bonchev–Trinajstić information content (AvgIpc) is 3.21. The monoisotopic (exact) mass is 303 g/mol. The van der Waals surface area contributed by atoms with Crippen molar-refractivity contribution < 1.29 is 19.4 Å². The standard InChI is InChI=1S/C17H21NO4/c1-11-8-14-9-13(4-5-15(14)22-11)17(21)18(7-6-16(19)20)10-12-2-3-12/h4-5,9,11-12H,2-3,6-8,10H2,1H3,(H,19,20). The normalized spacial score (nSPS) is 19.4. The first-order valence-corrected chi connectivity index (χ1v) is 7.83. The van der Waals surface area contributed by atoms with Crippen LogP contribution in [0.1, 0.15) is 42.1 Å². The van der Waals surface area contributed by atoms with Gasteiger partial charge in [0, 0.05) is 25.1 Å². The second kappa shape index (κ2) is 5.99. The summed E-state index contributed by atoms with van der Waals surface area (Å²) in [6.07, 6.45) is 3.21. The van der Waals surface area contributed by atoms with Gasteiger partial charge in [0.25, 0.3) is 5.91 Å². The van der Waals surface area contributed by atoms with Crippen LogP contribution in [0.5, 0.6) is 5.75 Å². The zero-order valence-electron chi connectivity index (χ0n) is 12.7. The highest BCUT2D eigenvalue weighted by atomic mass is 16.5. The van der Waals surface area contributed by atoms with Gasteiger partial charge in [-0.3, -0.25) is 9.59 Å². The molecule has 1 unspecified atom stereocenters. The minimum Gasteiger partial charge on any atom is -0.490 e. The van der Waals surface area contributed by atoms with Gasteiger partial charge in [-0.15, -0.1) is 0 Å². The van der Waals surface area contributed by atoms with Crippen LogP contribution in [0.25, 0.3) is 0 Å². The fourth-order valence-electron chi connectivity index (χ4n) is 2.86. The Balaban J connectivity index is 1.74. The Kier molecular flexibility index (Phi) is 4.05. The van der Waals surface area contributed by atoms with E-state index in [9.17, 15) is 9.59 Å². The number of benzene rings is 1. The molecule has 1 fully saturated rings. The molecule has 5 nitrogen and oxygen atoms in total. The van der Waals surface area contributed by atoms with E-state index in [1.807, 2.05) is 19.1 Å². The number of amides is 1. The second-order valence-corrected chi connectivity index (χ2v) is 6.29. The van der Waals surface area contributed by atoms with Crippen molar-refractivity contribution in [2.45, 2.75) is 38.7 Å². The third-order valence-corrected chi connectivity index (χ3v) is 4.20. The average molecular weight is 303 g/mol. The molecule has 1 aliphatic carbocycles. The molecule has 5 heteroatoms. The van der Waals surface area contributed by atoms with Crippen molar-refractivity contribution in [2.24, 2.45) is 5.92 Å². The summed E-state index contributed by atoms with van der Waals surface area (Å²) in [5.74, 6) is 0.444. The maximum atomic E-state index is 12.7. The van der Waals surface area contributed by atoms with Crippen LogP contribution in [0.4, 0.5) is 0 Å². The molecule has 1 atom stereocenters. The third-order valence-electron chi connectivity index (χ3n) is 4.20. The number of fused-ring (bicyclic) bond motifs is 1. The van der Waals surface area contributed by atoms with E-state index in [1.54, 1.807) is 11.0 Å². The van der Waals surface area contributed by atoms with Gasteiger partial charge in [-0.2, -0.15) is 0 Å². The summed E-state index contributed by atoms with van der Waals surface area (Å²) in [5, 5.41) is 8.87. The summed E-state index contributed by atoms with van der Waals surface area (Å²) in [6.45, 7) is 2.94. The highest BCUT2D eigenvalue weighted by Gasteiger charge is 2.28. The molecule has 1 heterocycles. The summed E-state index contributed by atoms with van der Waals surface area (Å²) >= 11 is 0. The zero-order valence-corrected chi connectivity index (χ0v) is 12.7. The Bertz CT molecular complexity index is 594. The fourth-order valence-corrected chi connectivity index (χ4v) is 2.86. The van der Waals surface area contributed by atoms with Crippen molar-refractivity contribution in [1.82, 2.24) is 4.90 Å². The van der Waals surface area contributed by atoms with E-state index >= 15 is 0 Å². The number of rotatable bonds is 6. The number of ether oxygens (including phenoxy) is 1. The molecule has 0 bridgehead atoms. The number of hydrogen-bond donors (Lipinski definition) is 1. The molecule has 3 rings (SSSR count). The molecule has 0 spiro atoms. The third kappa shape index (κ3) is 3.40. The van der Waals surface area contributed by atoms with Crippen molar-refractivity contribution in [3.63, 3.8) is 0 Å². The number of carboxylic acid groups (broad SMARTS) is 1. The molecule has 1 aromatic carbocycles. The summed E-state index contributed by atoms with van der Waals surface area (Å²) in [7, 11) is 0. The van der Waals surface area contributed by atoms with Gasteiger partial charge >= 0.3 is 5.97 Å². The predicted molar refractivity (Wildman–Crippen MR) is 81.1 cm³/mol. The van der Waals surface area contributed by atoms with Crippen LogP contribution < -0.4 is 4.74 Å². The van der Waals surface area contributed by atoms with Gasteiger partial charge in [-0.25, -0.2) is 0 Å². The molecule has 0 radical (unpaired) electrons. The SMILES string of the molecule is CC1Cc2cc(C(=O)N(CCC(=O)O)CC3CC3)ccc2O1. The Morgan fingerprint density at radius 2 is 2.14 bits per heavy atom. The summed E-state index contributed by atoms with van der Waals surface area (Å²) in [5.41, 5.74) is 1.69. The van der Waals surface area contributed by atoms with Crippen LogP contribution in [-0.4, -0.2) is 41.1 Å². The van der Waals surface area contributed by atoms with Crippen LogP contribution in [0, 0.1) is 5.92 Å². The summed E-state index contributed by atoms with van der Waals surface area (Å²) < 4.78 is 5.65. The first-order chi connectivity index (χ1) is 10.5. The van der Waals surface area contributed by atoms with Gasteiger partial charge in [-0.1, -0.05) is 0 Å². The maximum absolute atomic E-state index is 12.7. The van der Waals surface area contributed by atoms with E-state index in [2.05, 4.69) is 0 Å². The van der Waals surface area contributed by atoms with E-state index in [0.29, 0.717) is 18.0 Å². The van der Waals surface area contributed by atoms with Crippen LogP contribution in [-0.2, 0) is 11.2 Å². The van der Waals surface area contributed by atoms with Crippen LogP contribution in [0.3, 0.4) is 0 Å². The van der Waals surface area contributed by atoms with Crippen LogP contribution in [0.2, 0.25) is 0 Å². The second-order valence-electron chi connectivity index (χ2n) is 6.29. The van der Waals surface area contributed by atoms with Gasteiger partial charge in [0.15, 0.2) is 0 Å². The van der Waals surface area contributed by atoms with Crippen molar-refractivity contribution in [3.8, 4) is 5.75 Å². The Morgan fingerprint density at radius 1 is 1.36 bits per heavy atom. The van der Waals surface area contributed by atoms with E-state index in [1.165, 1.54) is 0 Å². The zero-order chi connectivity index (χ0) is 15.7. The summed E-state index contributed by atoms with van der Waals surface area (Å²) in [6, 6.07) is 5.51. The van der Waals surface area contributed by atoms with Gasteiger partial charge in [0.2, 0.25) is 0 Å². The molecule has 1 aliphatic heterocycles. The molecule has 22 heavy (non-hydrogen) atoms. The number of carbonyl (C=O) groups is 2. The topological polar surface area (TPSA) is 66.8 Å². The fraction of sp³-hybridized carbons (Fsp3) is 0.529. The lowest BCUT2D eigenvalue weighted by atomic mass is 10.1.